The molecule has 0 saturated carbocycles. The molecule has 0 radical (unpaired) electrons. The highest BCUT2D eigenvalue weighted by Crippen LogP contribution is 2.16. The van der Waals surface area contributed by atoms with E-state index in [4.69, 9.17) is 0 Å². The largest absolute Gasteiger partial charge is 0.246 e. The Balaban J connectivity index is 2.27. The average molecular weight is 187 g/mol. The fourth-order valence-corrected chi connectivity index (χ4v) is 2.52. The van der Waals surface area contributed by atoms with Crippen LogP contribution in [0, 0.1) is 6.92 Å². The average Bonchev–Trinajstić information content (AvgIpc) is 2.37. The summed E-state index contributed by atoms with van der Waals surface area (Å²) in [4.78, 5) is 4.38. The van der Waals surface area contributed by atoms with Gasteiger partial charge in [-0.1, -0.05) is 6.92 Å². The molecule has 0 bridgehead atoms. The van der Waals surface area contributed by atoms with Gasteiger partial charge in [0.2, 0.25) is 0 Å². The van der Waals surface area contributed by atoms with Crippen LogP contribution in [-0.4, -0.2) is 10.7 Å². The molecule has 0 aliphatic heterocycles. The summed E-state index contributed by atoms with van der Waals surface area (Å²) in [6.07, 6.45) is 1.26. The summed E-state index contributed by atoms with van der Waals surface area (Å²) >= 11 is 3.74. The summed E-state index contributed by atoms with van der Waals surface area (Å²) in [5.74, 6) is 2.34. The van der Waals surface area contributed by atoms with Crippen molar-refractivity contribution in [3.05, 3.63) is 16.1 Å². The highest BCUT2D eigenvalue weighted by atomic mass is 32.2. The zero-order valence-electron chi connectivity index (χ0n) is 6.96. The first-order valence-electron chi connectivity index (χ1n) is 3.81. The number of rotatable bonds is 4. The summed E-state index contributed by atoms with van der Waals surface area (Å²) in [5.41, 5.74) is 1.15. The molecule has 1 aromatic heterocycles. The van der Waals surface area contributed by atoms with E-state index in [1.165, 1.54) is 17.2 Å². The highest BCUT2D eigenvalue weighted by Gasteiger charge is 1.96. The van der Waals surface area contributed by atoms with Gasteiger partial charge in [0.05, 0.1) is 0 Å². The van der Waals surface area contributed by atoms with Crippen LogP contribution in [0.15, 0.2) is 5.38 Å². The van der Waals surface area contributed by atoms with Crippen molar-refractivity contribution in [1.82, 2.24) is 4.98 Å². The van der Waals surface area contributed by atoms with Gasteiger partial charge < -0.3 is 0 Å². The predicted octanol–water partition coefficient (Wildman–Crippen LogP) is 3.09. The van der Waals surface area contributed by atoms with Gasteiger partial charge >= 0.3 is 0 Å². The molecular weight excluding hydrogens is 174 g/mol. The van der Waals surface area contributed by atoms with Crippen LogP contribution in [0.25, 0.3) is 0 Å². The number of hydrogen-bond donors (Lipinski definition) is 0. The summed E-state index contributed by atoms with van der Waals surface area (Å²) in [7, 11) is 0. The first-order chi connectivity index (χ1) is 5.33. The number of aryl methyl sites for hydroxylation is 1. The summed E-state index contributed by atoms with van der Waals surface area (Å²) < 4.78 is 0. The molecule has 1 rings (SSSR count). The van der Waals surface area contributed by atoms with Gasteiger partial charge in [0.15, 0.2) is 0 Å². The lowest BCUT2D eigenvalue weighted by Crippen LogP contribution is -1.80. The minimum Gasteiger partial charge on any atom is -0.246 e. The van der Waals surface area contributed by atoms with E-state index >= 15 is 0 Å². The maximum Gasteiger partial charge on any atom is 0.103 e. The van der Waals surface area contributed by atoms with Gasteiger partial charge in [-0.25, -0.2) is 4.98 Å². The lowest BCUT2D eigenvalue weighted by Gasteiger charge is -1.93. The molecular formula is C8H13NS2. The van der Waals surface area contributed by atoms with Gasteiger partial charge in [-0.15, -0.1) is 11.3 Å². The quantitative estimate of drug-likeness (QED) is 0.672. The fraction of sp³-hybridized carbons (Fsp3) is 0.625. The molecule has 0 amide bonds. The van der Waals surface area contributed by atoms with E-state index in [2.05, 4.69) is 17.3 Å². The Hall–Kier alpha value is -0.0200. The van der Waals surface area contributed by atoms with Crippen molar-refractivity contribution < 1.29 is 0 Å². The summed E-state index contributed by atoms with van der Waals surface area (Å²) in [6.45, 7) is 4.25. The van der Waals surface area contributed by atoms with Crippen LogP contribution in [0.3, 0.4) is 0 Å². The van der Waals surface area contributed by atoms with Crippen LogP contribution in [0.5, 0.6) is 0 Å². The van der Waals surface area contributed by atoms with Crippen LogP contribution in [-0.2, 0) is 5.75 Å². The molecule has 1 aromatic rings. The summed E-state index contributed by atoms with van der Waals surface area (Å²) in [5, 5.41) is 3.38. The molecule has 0 spiro atoms. The molecule has 0 fully saturated rings. The third-order valence-corrected chi connectivity index (χ3v) is 3.56. The summed E-state index contributed by atoms with van der Waals surface area (Å²) in [6, 6.07) is 0. The van der Waals surface area contributed by atoms with Gasteiger partial charge in [0, 0.05) is 16.8 Å². The molecule has 1 nitrogen and oxygen atoms in total. The standard InChI is InChI=1S/C8H13NS2/c1-3-4-10-6-8-9-7(2)5-11-8/h5H,3-4,6H2,1-2H3. The number of thiazole rings is 1. The molecule has 1 heterocycles. The molecule has 0 atom stereocenters. The second-order valence-electron chi connectivity index (χ2n) is 2.44. The maximum absolute atomic E-state index is 4.38. The van der Waals surface area contributed by atoms with E-state index in [0.717, 1.165) is 11.4 Å². The second-order valence-corrected chi connectivity index (χ2v) is 4.48. The van der Waals surface area contributed by atoms with Crippen molar-refractivity contribution in [1.29, 1.82) is 0 Å². The smallest absolute Gasteiger partial charge is 0.103 e. The second kappa shape index (κ2) is 4.78. The zero-order chi connectivity index (χ0) is 8.10. The molecule has 0 aliphatic rings. The van der Waals surface area contributed by atoms with Gasteiger partial charge in [0.25, 0.3) is 0 Å². The Kier molecular flexibility index (Phi) is 3.94. The lowest BCUT2D eigenvalue weighted by molar-refractivity contribution is 1.10. The Labute approximate surface area is 76.2 Å². The van der Waals surface area contributed by atoms with Crippen LogP contribution < -0.4 is 0 Å². The van der Waals surface area contributed by atoms with E-state index in [1.54, 1.807) is 11.3 Å². The topological polar surface area (TPSA) is 12.9 Å². The zero-order valence-corrected chi connectivity index (χ0v) is 8.60. The SMILES string of the molecule is CCCSCc1nc(C)cs1. The van der Waals surface area contributed by atoms with Crippen molar-refractivity contribution in [2.24, 2.45) is 0 Å². The Morgan fingerprint density at radius 2 is 2.45 bits per heavy atom. The van der Waals surface area contributed by atoms with E-state index in [1.807, 2.05) is 18.7 Å². The third kappa shape index (κ3) is 3.25. The van der Waals surface area contributed by atoms with Gasteiger partial charge in [0.1, 0.15) is 5.01 Å². The number of nitrogens with zero attached hydrogens (tertiary/aromatic N) is 1. The lowest BCUT2D eigenvalue weighted by atomic mass is 10.6. The molecule has 0 aromatic carbocycles. The van der Waals surface area contributed by atoms with Crippen molar-refractivity contribution in [3.8, 4) is 0 Å². The van der Waals surface area contributed by atoms with Gasteiger partial charge in [-0.05, 0) is 19.1 Å². The van der Waals surface area contributed by atoms with Gasteiger partial charge in [-0.2, -0.15) is 11.8 Å². The number of hydrogen-bond acceptors (Lipinski definition) is 3. The van der Waals surface area contributed by atoms with Crippen molar-refractivity contribution in [3.63, 3.8) is 0 Å². The molecule has 0 aliphatic carbocycles. The first kappa shape index (κ1) is 9.07. The van der Waals surface area contributed by atoms with E-state index in [-0.39, 0.29) is 0 Å². The highest BCUT2D eigenvalue weighted by molar-refractivity contribution is 7.98. The van der Waals surface area contributed by atoms with E-state index in [9.17, 15) is 0 Å². The van der Waals surface area contributed by atoms with E-state index < -0.39 is 0 Å². The first-order valence-corrected chi connectivity index (χ1v) is 5.85. The van der Waals surface area contributed by atoms with E-state index in [0.29, 0.717) is 0 Å². The molecule has 0 saturated heterocycles. The third-order valence-electron chi connectivity index (χ3n) is 1.24. The molecule has 62 valence electrons. The minimum absolute atomic E-state index is 1.09. The Morgan fingerprint density at radius 3 is 3.00 bits per heavy atom. The normalized spacial score (nSPS) is 10.4. The van der Waals surface area contributed by atoms with Gasteiger partial charge in [-0.3, -0.25) is 0 Å². The van der Waals surface area contributed by atoms with Crippen LogP contribution in [0.4, 0.5) is 0 Å². The number of thioether (sulfide) groups is 1. The molecule has 3 heteroatoms. The number of aromatic nitrogens is 1. The predicted molar refractivity (Wildman–Crippen MR) is 53.3 cm³/mol. The van der Waals surface area contributed by atoms with Crippen LogP contribution in [0.1, 0.15) is 24.0 Å². The minimum atomic E-state index is 1.09. The molecule has 0 unspecified atom stereocenters. The van der Waals surface area contributed by atoms with Crippen molar-refractivity contribution in [2.75, 3.05) is 5.75 Å². The molecule has 0 N–H and O–H groups in total. The van der Waals surface area contributed by atoms with Crippen molar-refractivity contribution >= 4 is 23.1 Å². The van der Waals surface area contributed by atoms with Crippen LogP contribution in [0.2, 0.25) is 0 Å². The fourth-order valence-electron chi connectivity index (χ4n) is 0.773. The molecule has 11 heavy (non-hydrogen) atoms. The Morgan fingerprint density at radius 1 is 1.64 bits per heavy atom. The van der Waals surface area contributed by atoms with Crippen molar-refractivity contribution in [2.45, 2.75) is 26.0 Å². The van der Waals surface area contributed by atoms with Crippen LogP contribution >= 0.6 is 23.1 Å². The monoisotopic (exact) mass is 187 g/mol. The maximum atomic E-state index is 4.38. The Bertz CT molecular complexity index is 208.